The average molecular weight is 305 g/mol. The maximum atomic E-state index is 12.4. The number of nitrogens with zero attached hydrogens (tertiary/aromatic N) is 3. The smallest absolute Gasteiger partial charge is 0.271 e. The molecule has 1 aromatic rings. The van der Waals surface area contributed by atoms with Gasteiger partial charge in [0.05, 0.1) is 23.8 Å². The third kappa shape index (κ3) is 3.10. The standard InChI is InChI=1S/C15H19N3O4/c19-15(4-5-16-7-9-22-10-8-16)17-6-3-12-1-2-13(18(20)21)11-14(12)17/h1-2,11H,3-10H2. The summed E-state index contributed by atoms with van der Waals surface area (Å²) in [5.41, 5.74) is 1.73. The number of morpholine rings is 1. The van der Waals surface area contributed by atoms with Crippen molar-refractivity contribution in [3.05, 3.63) is 33.9 Å². The Bertz CT molecular complexity index is 584. The zero-order chi connectivity index (χ0) is 15.5. The monoisotopic (exact) mass is 305 g/mol. The molecule has 22 heavy (non-hydrogen) atoms. The molecule has 0 aromatic heterocycles. The van der Waals surface area contributed by atoms with Crippen molar-refractivity contribution in [1.82, 2.24) is 4.90 Å². The number of rotatable bonds is 4. The Labute approximate surface area is 128 Å². The predicted molar refractivity (Wildman–Crippen MR) is 81.0 cm³/mol. The van der Waals surface area contributed by atoms with Gasteiger partial charge >= 0.3 is 0 Å². The maximum absolute atomic E-state index is 12.4. The van der Waals surface area contributed by atoms with Crippen LogP contribution in [0.3, 0.4) is 0 Å². The summed E-state index contributed by atoms with van der Waals surface area (Å²) in [5.74, 6) is 0.0331. The zero-order valence-electron chi connectivity index (χ0n) is 12.4. The van der Waals surface area contributed by atoms with Gasteiger partial charge in [-0.15, -0.1) is 0 Å². The van der Waals surface area contributed by atoms with Crippen molar-refractivity contribution in [3.63, 3.8) is 0 Å². The van der Waals surface area contributed by atoms with E-state index in [0.29, 0.717) is 38.4 Å². The summed E-state index contributed by atoms with van der Waals surface area (Å²) in [6.45, 7) is 4.46. The van der Waals surface area contributed by atoms with Gasteiger partial charge in [0.2, 0.25) is 5.91 Å². The van der Waals surface area contributed by atoms with E-state index in [2.05, 4.69) is 4.90 Å². The fourth-order valence-corrected chi connectivity index (χ4v) is 2.95. The van der Waals surface area contributed by atoms with Gasteiger partial charge in [-0.2, -0.15) is 0 Å². The molecule has 1 fully saturated rings. The summed E-state index contributed by atoms with van der Waals surface area (Å²) < 4.78 is 5.29. The van der Waals surface area contributed by atoms with Gasteiger partial charge in [0.15, 0.2) is 0 Å². The third-order valence-electron chi connectivity index (χ3n) is 4.22. The molecule has 7 nitrogen and oxygen atoms in total. The summed E-state index contributed by atoms with van der Waals surface area (Å²) in [5, 5.41) is 10.9. The second-order valence-corrected chi connectivity index (χ2v) is 5.57. The van der Waals surface area contributed by atoms with E-state index < -0.39 is 4.92 Å². The first-order valence-corrected chi connectivity index (χ1v) is 7.53. The summed E-state index contributed by atoms with van der Waals surface area (Å²) in [6.07, 6.45) is 1.19. The van der Waals surface area contributed by atoms with Crippen LogP contribution in [-0.2, 0) is 16.0 Å². The lowest BCUT2D eigenvalue weighted by Crippen LogP contribution is -2.39. The van der Waals surface area contributed by atoms with E-state index in [1.54, 1.807) is 11.0 Å². The molecule has 1 aromatic carbocycles. The van der Waals surface area contributed by atoms with Gasteiger partial charge in [0.25, 0.3) is 5.69 Å². The molecule has 0 N–H and O–H groups in total. The molecule has 0 saturated carbocycles. The van der Waals surface area contributed by atoms with E-state index in [1.807, 2.05) is 0 Å². The highest BCUT2D eigenvalue weighted by Gasteiger charge is 2.26. The van der Waals surface area contributed by atoms with Crippen LogP contribution in [0.5, 0.6) is 0 Å². The summed E-state index contributed by atoms with van der Waals surface area (Å²) >= 11 is 0. The molecule has 0 bridgehead atoms. The largest absolute Gasteiger partial charge is 0.379 e. The number of carbonyl (C=O) groups is 1. The molecule has 118 valence electrons. The molecule has 3 rings (SSSR count). The number of non-ortho nitro benzene ring substituents is 1. The summed E-state index contributed by atoms with van der Waals surface area (Å²) in [4.78, 5) is 26.8. The van der Waals surface area contributed by atoms with Crippen molar-refractivity contribution in [2.24, 2.45) is 0 Å². The number of nitro benzene ring substituents is 1. The maximum Gasteiger partial charge on any atom is 0.271 e. The van der Waals surface area contributed by atoms with Crippen LogP contribution < -0.4 is 4.90 Å². The number of hydrogen-bond acceptors (Lipinski definition) is 5. The first-order chi connectivity index (χ1) is 10.6. The second kappa shape index (κ2) is 6.41. The molecule has 2 heterocycles. The fraction of sp³-hybridized carbons (Fsp3) is 0.533. The third-order valence-corrected chi connectivity index (χ3v) is 4.22. The van der Waals surface area contributed by atoms with Gasteiger partial charge < -0.3 is 9.64 Å². The van der Waals surface area contributed by atoms with Gasteiger partial charge in [0, 0.05) is 44.7 Å². The van der Waals surface area contributed by atoms with Crippen LogP contribution >= 0.6 is 0 Å². The number of nitro groups is 1. The van der Waals surface area contributed by atoms with E-state index in [1.165, 1.54) is 12.1 Å². The predicted octanol–water partition coefficient (Wildman–Crippen LogP) is 1.21. The van der Waals surface area contributed by atoms with Crippen LogP contribution in [0.4, 0.5) is 11.4 Å². The Morgan fingerprint density at radius 1 is 1.27 bits per heavy atom. The SMILES string of the molecule is O=C(CCN1CCOCC1)N1CCc2ccc([N+](=O)[O-])cc21. The van der Waals surface area contributed by atoms with Crippen LogP contribution in [0.1, 0.15) is 12.0 Å². The number of ether oxygens (including phenoxy) is 1. The van der Waals surface area contributed by atoms with Gasteiger partial charge in [0.1, 0.15) is 0 Å². The number of benzene rings is 1. The van der Waals surface area contributed by atoms with Crippen LogP contribution in [-0.4, -0.2) is 55.1 Å². The van der Waals surface area contributed by atoms with E-state index in [4.69, 9.17) is 4.74 Å². The lowest BCUT2D eigenvalue weighted by Gasteiger charge is -2.27. The minimum Gasteiger partial charge on any atom is -0.379 e. The number of carbonyl (C=O) groups excluding carboxylic acids is 1. The highest BCUT2D eigenvalue weighted by Crippen LogP contribution is 2.32. The molecule has 7 heteroatoms. The molecule has 0 unspecified atom stereocenters. The van der Waals surface area contributed by atoms with E-state index in [0.717, 1.165) is 25.1 Å². The first-order valence-electron chi connectivity index (χ1n) is 7.53. The van der Waals surface area contributed by atoms with Crippen LogP contribution in [0.2, 0.25) is 0 Å². The topological polar surface area (TPSA) is 75.9 Å². The molecule has 1 saturated heterocycles. The first kappa shape index (κ1) is 14.9. The van der Waals surface area contributed by atoms with E-state index >= 15 is 0 Å². The number of anilines is 1. The van der Waals surface area contributed by atoms with Crippen LogP contribution in [0.25, 0.3) is 0 Å². The van der Waals surface area contributed by atoms with E-state index in [9.17, 15) is 14.9 Å². The molecule has 0 spiro atoms. The molecule has 0 aliphatic carbocycles. The fourth-order valence-electron chi connectivity index (χ4n) is 2.95. The summed E-state index contributed by atoms with van der Waals surface area (Å²) in [7, 11) is 0. The molecule has 0 atom stereocenters. The molecule has 2 aliphatic heterocycles. The molecular weight excluding hydrogens is 286 g/mol. The zero-order valence-corrected chi connectivity index (χ0v) is 12.4. The minimum atomic E-state index is -0.422. The van der Waals surface area contributed by atoms with Crippen LogP contribution in [0, 0.1) is 10.1 Å². The van der Waals surface area contributed by atoms with Crippen molar-refractivity contribution in [1.29, 1.82) is 0 Å². The van der Waals surface area contributed by atoms with Gasteiger partial charge in [-0.3, -0.25) is 19.8 Å². The Morgan fingerprint density at radius 3 is 2.77 bits per heavy atom. The summed E-state index contributed by atoms with van der Waals surface area (Å²) in [6, 6.07) is 4.76. The Kier molecular flexibility index (Phi) is 4.35. The van der Waals surface area contributed by atoms with Gasteiger partial charge in [-0.1, -0.05) is 6.07 Å². The second-order valence-electron chi connectivity index (χ2n) is 5.57. The number of amides is 1. The van der Waals surface area contributed by atoms with Crippen LogP contribution in [0.15, 0.2) is 18.2 Å². The van der Waals surface area contributed by atoms with Crippen molar-refractivity contribution < 1.29 is 14.5 Å². The minimum absolute atomic E-state index is 0.0331. The Morgan fingerprint density at radius 2 is 2.05 bits per heavy atom. The van der Waals surface area contributed by atoms with Gasteiger partial charge in [-0.05, 0) is 12.0 Å². The molecule has 0 radical (unpaired) electrons. The average Bonchev–Trinajstić information content (AvgIpc) is 2.96. The van der Waals surface area contributed by atoms with Crippen molar-refractivity contribution in [3.8, 4) is 0 Å². The highest BCUT2D eigenvalue weighted by molar-refractivity contribution is 5.96. The molecule has 2 aliphatic rings. The molecule has 1 amide bonds. The van der Waals surface area contributed by atoms with Crippen molar-refractivity contribution >= 4 is 17.3 Å². The Hall–Kier alpha value is -1.99. The lowest BCUT2D eigenvalue weighted by molar-refractivity contribution is -0.384. The van der Waals surface area contributed by atoms with Crippen molar-refractivity contribution in [2.45, 2.75) is 12.8 Å². The number of fused-ring (bicyclic) bond motifs is 1. The lowest BCUT2D eigenvalue weighted by atomic mass is 10.1. The van der Waals surface area contributed by atoms with Gasteiger partial charge in [-0.25, -0.2) is 0 Å². The molecular formula is C15H19N3O4. The Balaban J connectivity index is 1.65. The normalized spacial score (nSPS) is 18.3. The highest BCUT2D eigenvalue weighted by atomic mass is 16.6. The van der Waals surface area contributed by atoms with E-state index in [-0.39, 0.29) is 11.6 Å². The van der Waals surface area contributed by atoms with Crippen molar-refractivity contribution in [2.75, 3.05) is 44.3 Å². The quantitative estimate of drug-likeness (QED) is 0.617. The number of hydrogen-bond donors (Lipinski definition) is 0.